The molecule has 0 fully saturated rings. The SMILES string of the molecule is CCCC(NC(=O)CC(CC)C(C)C)C(=O)O. The van der Waals surface area contributed by atoms with E-state index >= 15 is 0 Å². The van der Waals surface area contributed by atoms with Crippen LogP contribution in [0.5, 0.6) is 0 Å². The predicted molar refractivity (Wildman–Crippen MR) is 67.7 cm³/mol. The topological polar surface area (TPSA) is 66.4 Å². The summed E-state index contributed by atoms with van der Waals surface area (Å²) in [6.07, 6.45) is 2.59. The lowest BCUT2D eigenvalue weighted by molar-refractivity contribution is -0.142. The molecule has 4 heteroatoms. The third-order valence-corrected chi connectivity index (χ3v) is 3.13. The monoisotopic (exact) mass is 243 g/mol. The largest absolute Gasteiger partial charge is 0.480 e. The molecule has 0 radical (unpaired) electrons. The van der Waals surface area contributed by atoms with Gasteiger partial charge in [-0.15, -0.1) is 0 Å². The minimum absolute atomic E-state index is 0.147. The number of aliphatic carboxylic acids is 1. The van der Waals surface area contributed by atoms with E-state index < -0.39 is 12.0 Å². The van der Waals surface area contributed by atoms with Gasteiger partial charge in [-0.1, -0.05) is 40.5 Å². The fourth-order valence-corrected chi connectivity index (χ4v) is 1.89. The van der Waals surface area contributed by atoms with Crippen molar-refractivity contribution < 1.29 is 14.7 Å². The highest BCUT2D eigenvalue weighted by Crippen LogP contribution is 2.18. The fraction of sp³-hybridized carbons (Fsp3) is 0.846. The van der Waals surface area contributed by atoms with E-state index in [4.69, 9.17) is 5.11 Å². The highest BCUT2D eigenvalue weighted by molar-refractivity contribution is 5.83. The zero-order valence-corrected chi connectivity index (χ0v) is 11.3. The number of rotatable bonds is 8. The summed E-state index contributed by atoms with van der Waals surface area (Å²) in [7, 11) is 0. The normalized spacial score (nSPS) is 14.4. The summed E-state index contributed by atoms with van der Waals surface area (Å²) in [6.45, 7) is 8.13. The van der Waals surface area contributed by atoms with Gasteiger partial charge in [-0.3, -0.25) is 4.79 Å². The van der Waals surface area contributed by atoms with Crippen molar-refractivity contribution in [3.8, 4) is 0 Å². The smallest absolute Gasteiger partial charge is 0.326 e. The Morgan fingerprint density at radius 2 is 1.82 bits per heavy atom. The molecule has 2 N–H and O–H groups in total. The Labute approximate surface area is 104 Å². The maximum atomic E-state index is 11.7. The summed E-state index contributed by atoms with van der Waals surface area (Å²) in [5.41, 5.74) is 0. The molecule has 0 saturated carbocycles. The van der Waals surface area contributed by atoms with E-state index in [2.05, 4.69) is 26.1 Å². The molecule has 0 aromatic heterocycles. The Kier molecular flexibility index (Phi) is 7.59. The van der Waals surface area contributed by atoms with Crippen LogP contribution in [0.15, 0.2) is 0 Å². The summed E-state index contributed by atoms with van der Waals surface area (Å²) in [4.78, 5) is 22.6. The molecule has 4 nitrogen and oxygen atoms in total. The molecule has 0 aliphatic heterocycles. The van der Waals surface area contributed by atoms with Crippen molar-refractivity contribution in [1.82, 2.24) is 5.32 Å². The van der Waals surface area contributed by atoms with Crippen molar-refractivity contribution in [2.75, 3.05) is 0 Å². The third-order valence-electron chi connectivity index (χ3n) is 3.13. The van der Waals surface area contributed by atoms with Crippen LogP contribution in [0.3, 0.4) is 0 Å². The van der Waals surface area contributed by atoms with Crippen LogP contribution in [0.4, 0.5) is 0 Å². The lowest BCUT2D eigenvalue weighted by atomic mass is 9.90. The maximum Gasteiger partial charge on any atom is 0.326 e. The highest BCUT2D eigenvalue weighted by Gasteiger charge is 2.21. The first-order valence-corrected chi connectivity index (χ1v) is 6.44. The molecular weight excluding hydrogens is 218 g/mol. The average Bonchev–Trinajstić information content (AvgIpc) is 2.24. The summed E-state index contributed by atoms with van der Waals surface area (Å²) >= 11 is 0. The van der Waals surface area contributed by atoms with E-state index in [9.17, 15) is 9.59 Å². The van der Waals surface area contributed by atoms with Gasteiger partial charge in [-0.2, -0.15) is 0 Å². The van der Waals surface area contributed by atoms with E-state index in [1.54, 1.807) is 0 Å². The van der Waals surface area contributed by atoms with Crippen molar-refractivity contribution in [1.29, 1.82) is 0 Å². The van der Waals surface area contributed by atoms with Crippen LogP contribution < -0.4 is 5.32 Å². The van der Waals surface area contributed by atoms with Crippen LogP contribution in [0.2, 0.25) is 0 Å². The number of carbonyl (C=O) groups excluding carboxylic acids is 1. The number of carboxylic acids is 1. The average molecular weight is 243 g/mol. The fourth-order valence-electron chi connectivity index (χ4n) is 1.89. The third kappa shape index (κ3) is 6.29. The first-order valence-electron chi connectivity index (χ1n) is 6.44. The van der Waals surface area contributed by atoms with Gasteiger partial charge in [0, 0.05) is 6.42 Å². The van der Waals surface area contributed by atoms with Crippen molar-refractivity contribution in [2.24, 2.45) is 11.8 Å². The van der Waals surface area contributed by atoms with Crippen molar-refractivity contribution in [3.63, 3.8) is 0 Å². The molecule has 0 aromatic carbocycles. The Balaban J connectivity index is 4.26. The van der Waals surface area contributed by atoms with Crippen LogP contribution in [0.1, 0.15) is 53.4 Å². The first kappa shape index (κ1) is 15.9. The lowest BCUT2D eigenvalue weighted by Gasteiger charge is -2.20. The molecule has 0 aliphatic carbocycles. The molecule has 0 heterocycles. The van der Waals surface area contributed by atoms with Crippen LogP contribution in [-0.4, -0.2) is 23.0 Å². The second-order valence-corrected chi connectivity index (χ2v) is 4.86. The summed E-state index contributed by atoms with van der Waals surface area (Å²) in [6, 6.07) is -0.739. The second kappa shape index (κ2) is 8.09. The molecule has 0 spiro atoms. The minimum Gasteiger partial charge on any atom is -0.480 e. The van der Waals surface area contributed by atoms with Crippen molar-refractivity contribution in [2.45, 2.75) is 59.4 Å². The van der Waals surface area contributed by atoms with Gasteiger partial charge in [0.05, 0.1) is 0 Å². The first-order chi connectivity index (χ1) is 7.92. The molecule has 2 atom stereocenters. The Bertz CT molecular complexity index is 251. The molecular formula is C13H25NO3. The quantitative estimate of drug-likeness (QED) is 0.688. The van der Waals surface area contributed by atoms with Crippen molar-refractivity contribution >= 4 is 11.9 Å². The highest BCUT2D eigenvalue weighted by atomic mass is 16.4. The van der Waals surface area contributed by atoms with Gasteiger partial charge in [0.15, 0.2) is 0 Å². The number of hydrogen-bond donors (Lipinski definition) is 2. The summed E-state index contributed by atoms with van der Waals surface area (Å²) in [5, 5.41) is 11.5. The molecule has 0 saturated heterocycles. The minimum atomic E-state index is -0.946. The molecule has 0 aromatic rings. The second-order valence-electron chi connectivity index (χ2n) is 4.86. The predicted octanol–water partition coefficient (Wildman–Crippen LogP) is 2.43. The molecule has 2 unspecified atom stereocenters. The molecule has 0 rings (SSSR count). The van der Waals surface area contributed by atoms with Crippen molar-refractivity contribution in [3.05, 3.63) is 0 Å². The van der Waals surface area contributed by atoms with E-state index in [1.807, 2.05) is 6.92 Å². The summed E-state index contributed by atoms with van der Waals surface area (Å²) in [5.74, 6) is -0.324. The molecule has 0 aliphatic rings. The van der Waals surface area contributed by atoms with Gasteiger partial charge < -0.3 is 10.4 Å². The lowest BCUT2D eigenvalue weighted by Crippen LogP contribution is -2.41. The number of carbonyl (C=O) groups is 2. The Morgan fingerprint density at radius 3 is 2.18 bits per heavy atom. The van der Waals surface area contributed by atoms with Gasteiger partial charge in [0.25, 0.3) is 0 Å². The molecule has 0 bridgehead atoms. The zero-order chi connectivity index (χ0) is 13.4. The number of amides is 1. The molecule has 1 amide bonds. The number of nitrogens with one attached hydrogen (secondary N) is 1. The van der Waals surface area contributed by atoms with E-state index in [1.165, 1.54) is 0 Å². The van der Waals surface area contributed by atoms with Gasteiger partial charge in [-0.25, -0.2) is 4.79 Å². The van der Waals surface area contributed by atoms with Gasteiger partial charge >= 0.3 is 5.97 Å². The standard InChI is InChI=1S/C13H25NO3/c1-5-7-11(13(16)17)14-12(15)8-10(6-2)9(3)4/h9-11H,5-8H2,1-4H3,(H,14,15)(H,16,17). The van der Waals surface area contributed by atoms with E-state index in [-0.39, 0.29) is 5.91 Å². The molecule has 100 valence electrons. The Hall–Kier alpha value is -1.06. The Morgan fingerprint density at radius 1 is 1.24 bits per heavy atom. The van der Waals surface area contributed by atoms with E-state index in [0.717, 1.165) is 12.8 Å². The van der Waals surface area contributed by atoms with Crippen LogP contribution in [-0.2, 0) is 9.59 Å². The van der Waals surface area contributed by atoms with Gasteiger partial charge in [-0.05, 0) is 18.3 Å². The van der Waals surface area contributed by atoms with E-state index in [0.29, 0.717) is 24.7 Å². The number of carboxylic acid groups (broad SMARTS) is 1. The number of hydrogen-bond acceptors (Lipinski definition) is 2. The zero-order valence-electron chi connectivity index (χ0n) is 11.3. The van der Waals surface area contributed by atoms with Gasteiger partial charge in [0.2, 0.25) is 5.91 Å². The molecule has 17 heavy (non-hydrogen) atoms. The maximum absolute atomic E-state index is 11.7. The van der Waals surface area contributed by atoms with Crippen LogP contribution in [0, 0.1) is 11.8 Å². The van der Waals surface area contributed by atoms with Crippen LogP contribution >= 0.6 is 0 Å². The van der Waals surface area contributed by atoms with Gasteiger partial charge in [0.1, 0.15) is 6.04 Å². The van der Waals surface area contributed by atoms with Crippen LogP contribution in [0.25, 0.3) is 0 Å². The summed E-state index contributed by atoms with van der Waals surface area (Å²) < 4.78 is 0.